The average Bonchev–Trinajstić information content (AvgIpc) is 2.98. The summed E-state index contributed by atoms with van der Waals surface area (Å²) in [7, 11) is 1.83. The van der Waals surface area contributed by atoms with Crippen LogP contribution in [-0.2, 0) is 13.5 Å². The molecule has 2 aromatic rings. The molecule has 0 spiro atoms. The van der Waals surface area contributed by atoms with Gasteiger partial charge in [-0.1, -0.05) is 27.7 Å². The summed E-state index contributed by atoms with van der Waals surface area (Å²) < 4.78 is 1.69. The van der Waals surface area contributed by atoms with E-state index in [1.807, 2.05) is 59.1 Å². The molecule has 0 aliphatic rings. The van der Waals surface area contributed by atoms with Gasteiger partial charge in [0.25, 0.3) is 0 Å². The largest absolute Gasteiger partial charge is 0.275 e. The molecule has 0 amide bonds. The third kappa shape index (κ3) is 5.08. The van der Waals surface area contributed by atoms with Gasteiger partial charge in [-0.3, -0.25) is 4.68 Å². The molecule has 21 heavy (non-hydrogen) atoms. The van der Waals surface area contributed by atoms with Crippen molar-refractivity contribution in [3.05, 3.63) is 35.9 Å². The van der Waals surface area contributed by atoms with Gasteiger partial charge >= 0.3 is 0 Å². The molecule has 0 atom stereocenters. The Hall–Kier alpha value is -2.66. The van der Waals surface area contributed by atoms with E-state index >= 15 is 0 Å². The smallest absolute Gasteiger partial charge is 0.144 e. The standard InChI is InChI=1S/C12H9N5.2C2H6/c1-17-8-11(7-16-17)10-4-9(2-3-13)12(5-14)15-6-10;2*1-2/h4,6-8H,2H2,1H3;2*1-2H3. The Morgan fingerprint density at radius 3 is 2.24 bits per heavy atom. The molecule has 0 radical (unpaired) electrons. The molecule has 2 aromatic heterocycles. The summed E-state index contributed by atoms with van der Waals surface area (Å²) in [4.78, 5) is 4.05. The number of aromatic nitrogens is 3. The molecule has 0 aliphatic carbocycles. The maximum absolute atomic E-state index is 8.87. The second-order valence-electron chi connectivity index (χ2n) is 3.58. The van der Waals surface area contributed by atoms with Crippen molar-refractivity contribution in [2.45, 2.75) is 34.1 Å². The molecule has 0 N–H and O–H groups in total. The van der Waals surface area contributed by atoms with Gasteiger partial charge in [-0.2, -0.15) is 15.6 Å². The zero-order valence-electron chi connectivity index (χ0n) is 13.3. The molecular formula is C16H21N5. The molecular weight excluding hydrogens is 262 g/mol. The minimum absolute atomic E-state index is 0.185. The van der Waals surface area contributed by atoms with Gasteiger partial charge in [0.1, 0.15) is 11.8 Å². The van der Waals surface area contributed by atoms with Crippen LogP contribution in [0.2, 0.25) is 0 Å². The second-order valence-corrected chi connectivity index (χ2v) is 3.58. The quantitative estimate of drug-likeness (QED) is 0.845. The molecule has 0 saturated heterocycles. The summed E-state index contributed by atoms with van der Waals surface area (Å²) in [6.45, 7) is 8.00. The predicted molar refractivity (Wildman–Crippen MR) is 83.2 cm³/mol. The predicted octanol–water partition coefficient (Wildman–Crippen LogP) is 3.47. The topological polar surface area (TPSA) is 78.3 Å². The van der Waals surface area contributed by atoms with E-state index in [0.29, 0.717) is 11.3 Å². The lowest BCUT2D eigenvalue weighted by molar-refractivity contribution is 0.768. The first-order valence-corrected chi connectivity index (χ1v) is 6.99. The second kappa shape index (κ2) is 10.2. The van der Waals surface area contributed by atoms with Crippen LogP contribution >= 0.6 is 0 Å². The molecule has 0 aliphatic heterocycles. The minimum Gasteiger partial charge on any atom is -0.275 e. The number of hydrogen-bond donors (Lipinski definition) is 0. The molecule has 0 fully saturated rings. The summed E-state index contributed by atoms with van der Waals surface area (Å²) in [5.41, 5.74) is 2.74. The normalized spacial score (nSPS) is 8.33. The Morgan fingerprint density at radius 1 is 1.10 bits per heavy atom. The number of nitriles is 2. The van der Waals surface area contributed by atoms with Crippen molar-refractivity contribution in [2.75, 3.05) is 0 Å². The minimum atomic E-state index is 0.185. The van der Waals surface area contributed by atoms with E-state index in [4.69, 9.17) is 10.5 Å². The van der Waals surface area contributed by atoms with E-state index in [1.165, 1.54) is 0 Å². The molecule has 5 nitrogen and oxygen atoms in total. The summed E-state index contributed by atoms with van der Waals surface area (Å²) >= 11 is 0. The maximum atomic E-state index is 8.87. The molecule has 0 saturated carbocycles. The number of aryl methyl sites for hydroxylation is 1. The number of rotatable bonds is 2. The summed E-state index contributed by atoms with van der Waals surface area (Å²) in [5, 5.41) is 21.6. The average molecular weight is 283 g/mol. The van der Waals surface area contributed by atoms with E-state index in [9.17, 15) is 0 Å². The molecule has 0 unspecified atom stereocenters. The third-order valence-electron chi connectivity index (χ3n) is 2.38. The van der Waals surface area contributed by atoms with E-state index in [0.717, 1.165) is 11.1 Å². The van der Waals surface area contributed by atoms with Crippen molar-refractivity contribution in [3.8, 4) is 23.3 Å². The lowest BCUT2D eigenvalue weighted by Crippen LogP contribution is -1.93. The Kier molecular flexibility index (Phi) is 8.88. The Morgan fingerprint density at radius 2 is 1.76 bits per heavy atom. The summed E-state index contributed by atoms with van der Waals surface area (Å²) in [5.74, 6) is 0. The van der Waals surface area contributed by atoms with Crippen LogP contribution in [0.1, 0.15) is 39.0 Å². The monoisotopic (exact) mass is 283 g/mol. The highest BCUT2D eigenvalue weighted by atomic mass is 15.2. The van der Waals surface area contributed by atoms with Crippen molar-refractivity contribution in [1.29, 1.82) is 10.5 Å². The fourth-order valence-electron chi connectivity index (χ4n) is 1.56. The number of hydrogen-bond acceptors (Lipinski definition) is 4. The number of pyridine rings is 1. The summed E-state index contributed by atoms with van der Waals surface area (Å²) in [6, 6.07) is 5.82. The fourth-order valence-corrected chi connectivity index (χ4v) is 1.56. The van der Waals surface area contributed by atoms with Crippen molar-refractivity contribution in [3.63, 3.8) is 0 Å². The number of nitrogens with zero attached hydrogens (tertiary/aromatic N) is 5. The van der Waals surface area contributed by atoms with Crippen LogP contribution in [0.3, 0.4) is 0 Å². The maximum Gasteiger partial charge on any atom is 0.144 e. The van der Waals surface area contributed by atoms with Crippen LogP contribution in [0.15, 0.2) is 24.7 Å². The van der Waals surface area contributed by atoms with Crippen molar-refractivity contribution in [1.82, 2.24) is 14.8 Å². The fraction of sp³-hybridized carbons (Fsp3) is 0.375. The molecule has 2 heterocycles. The molecule has 0 aromatic carbocycles. The third-order valence-corrected chi connectivity index (χ3v) is 2.38. The van der Waals surface area contributed by atoms with Gasteiger partial charge in [-0.15, -0.1) is 0 Å². The van der Waals surface area contributed by atoms with Crippen LogP contribution in [0.5, 0.6) is 0 Å². The molecule has 0 bridgehead atoms. The highest BCUT2D eigenvalue weighted by molar-refractivity contribution is 5.62. The lowest BCUT2D eigenvalue weighted by atomic mass is 10.1. The van der Waals surface area contributed by atoms with Crippen LogP contribution in [0.25, 0.3) is 11.1 Å². The van der Waals surface area contributed by atoms with Gasteiger partial charge in [0, 0.05) is 36.1 Å². The zero-order valence-corrected chi connectivity index (χ0v) is 13.3. The Labute approximate surface area is 126 Å². The van der Waals surface area contributed by atoms with Gasteiger partial charge in [-0.25, -0.2) is 4.98 Å². The van der Waals surface area contributed by atoms with Gasteiger partial charge in [0.2, 0.25) is 0 Å². The molecule has 110 valence electrons. The SMILES string of the molecule is CC.CC.Cn1cc(-c2cnc(C#N)c(CC#N)c2)cn1. The zero-order chi connectivity index (χ0) is 16.3. The van der Waals surface area contributed by atoms with Gasteiger partial charge in [-0.05, 0) is 6.07 Å². The molecule has 5 heteroatoms. The van der Waals surface area contributed by atoms with Gasteiger partial charge < -0.3 is 0 Å². The van der Waals surface area contributed by atoms with E-state index in [2.05, 4.69) is 10.1 Å². The van der Waals surface area contributed by atoms with Crippen LogP contribution in [0, 0.1) is 22.7 Å². The van der Waals surface area contributed by atoms with Crippen molar-refractivity contribution < 1.29 is 0 Å². The van der Waals surface area contributed by atoms with E-state index < -0.39 is 0 Å². The highest BCUT2D eigenvalue weighted by Crippen LogP contribution is 2.20. The highest BCUT2D eigenvalue weighted by Gasteiger charge is 2.07. The van der Waals surface area contributed by atoms with E-state index in [1.54, 1.807) is 17.1 Å². The van der Waals surface area contributed by atoms with Crippen molar-refractivity contribution in [2.24, 2.45) is 7.05 Å². The molecule has 2 rings (SSSR count). The first kappa shape index (κ1) is 18.3. The van der Waals surface area contributed by atoms with Crippen LogP contribution in [0.4, 0.5) is 0 Å². The van der Waals surface area contributed by atoms with Gasteiger partial charge in [0.05, 0.1) is 18.7 Å². The first-order valence-electron chi connectivity index (χ1n) is 6.99. The Bertz CT molecular complexity index is 629. The van der Waals surface area contributed by atoms with Crippen LogP contribution < -0.4 is 0 Å². The summed E-state index contributed by atoms with van der Waals surface area (Å²) in [6.07, 6.45) is 5.39. The van der Waals surface area contributed by atoms with Crippen LogP contribution in [-0.4, -0.2) is 14.8 Å². The van der Waals surface area contributed by atoms with Crippen molar-refractivity contribution >= 4 is 0 Å². The Balaban J connectivity index is 0.000000921. The van der Waals surface area contributed by atoms with Gasteiger partial charge in [0.15, 0.2) is 0 Å². The first-order chi connectivity index (χ1) is 10.2. The lowest BCUT2D eigenvalue weighted by Gasteiger charge is -2.01. The van der Waals surface area contributed by atoms with E-state index in [-0.39, 0.29) is 6.42 Å².